The zero-order valence-electron chi connectivity index (χ0n) is 13.5. The minimum absolute atomic E-state index is 0.0170. The molecule has 1 aromatic carbocycles. The van der Waals surface area contributed by atoms with Crippen molar-refractivity contribution in [3.05, 3.63) is 48.5 Å². The highest BCUT2D eigenvalue weighted by Gasteiger charge is 2.25. The summed E-state index contributed by atoms with van der Waals surface area (Å²) in [7, 11) is 0. The van der Waals surface area contributed by atoms with Crippen LogP contribution in [0.1, 0.15) is 20.8 Å². The number of anilines is 1. The predicted octanol–water partition coefficient (Wildman–Crippen LogP) is 3.14. The van der Waals surface area contributed by atoms with Crippen molar-refractivity contribution in [1.29, 1.82) is 0 Å². The Morgan fingerprint density at radius 2 is 2.00 bits per heavy atom. The molecule has 1 heterocycles. The first kappa shape index (κ1) is 17.0. The largest absolute Gasteiger partial charge is 0.388 e. The number of halogens is 1. The lowest BCUT2D eigenvalue weighted by Gasteiger charge is -2.27. The van der Waals surface area contributed by atoms with E-state index in [1.807, 2.05) is 42.9 Å². The van der Waals surface area contributed by atoms with E-state index in [9.17, 15) is 14.3 Å². The van der Waals surface area contributed by atoms with E-state index in [2.05, 4.69) is 10.6 Å². The van der Waals surface area contributed by atoms with Gasteiger partial charge in [0.1, 0.15) is 5.82 Å². The number of rotatable bonds is 5. The van der Waals surface area contributed by atoms with Crippen LogP contribution < -0.4 is 10.6 Å². The fraction of sp³-hybridized carbons (Fsp3) is 0.353. The third kappa shape index (κ3) is 4.32. The molecule has 0 fully saturated rings. The van der Waals surface area contributed by atoms with Gasteiger partial charge in [-0.2, -0.15) is 0 Å². The molecule has 0 aliphatic carbocycles. The Kier molecular flexibility index (Phi) is 5.05. The van der Waals surface area contributed by atoms with Gasteiger partial charge in [0.25, 0.3) is 0 Å². The summed E-state index contributed by atoms with van der Waals surface area (Å²) in [4.78, 5) is 11.9. The minimum atomic E-state index is -1.02. The van der Waals surface area contributed by atoms with Crippen LogP contribution in [0, 0.1) is 11.7 Å². The zero-order valence-corrected chi connectivity index (χ0v) is 13.5. The van der Waals surface area contributed by atoms with Gasteiger partial charge in [0.2, 0.25) is 0 Å². The highest BCUT2D eigenvalue weighted by molar-refractivity contribution is 5.89. The number of aromatic nitrogens is 1. The van der Waals surface area contributed by atoms with Crippen LogP contribution in [0.5, 0.6) is 0 Å². The van der Waals surface area contributed by atoms with Gasteiger partial charge in [-0.3, -0.25) is 0 Å². The third-order valence-electron chi connectivity index (χ3n) is 3.95. The van der Waals surface area contributed by atoms with Crippen LogP contribution in [0.15, 0.2) is 42.7 Å². The highest BCUT2D eigenvalue weighted by atomic mass is 19.1. The Morgan fingerprint density at radius 1 is 1.35 bits per heavy atom. The molecule has 1 aromatic heterocycles. The molecular weight excluding hydrogens is 297 g/mol. The van der Waals surface area contributed by atoms with Crippen molar-refractivity contribution >= 4 is 11.7 Å². The number of carbonyl (C=O) groups excluding carboxylic acids is 1. The molecule has 0 saturated carbocycles. The number of nitrogens with one attached hydrogen (secondary N) is 2. The van der Waals surface area contributed by atoms with E-state index in [0.29, 0.717) is 0 Å². The van der Waals surface area contributed by atoms with Crippen molar-refractivity contribution in [1.82, 2.24) is 9.88 Å². The van der Waals surface area contributed by atoms with Crippen molar-refractivity contribution in [2.24, 2.45) is 5.92 Å². The van der Waals surface area contributed by atoms with Crippen molar-refractivity contribution in [3.63, 3.8) is 0 Å². The van der Waals surface area contributed by atoms with Crippen LogP contribution in [0.4, 0.5) is 14.9 Å². The molecule has 0 aliphatic heterocycles. The van der Waals surface area contributed by atoms with Gasteiger partial charge in [-0.15, -0.1) is 0 Å². The molecule has 2 amide bonds. The molecule has 124 valence electrons. The molecular formula is C17H22FN3O2. The topological polar surface area (TPSA) is 66.3 Å². The monoisotopic (exact) mass is 319 g/mol. The molecule has 6 heteroatoms. The number of aliphatic hydroxyl groups is 1. The van der Waals surface area contributed by atoms with Gasteiger partial charge in [0.05, 0.1) is 11.3 Å². The summed E-state index contributed by atoms with van der Waals surface area (Å²) in [5.41, 5.74) is -0.207. The van der Waals surface area contributed by atoms with Crippen LogP contribution in [0.25, 0.3) is 5.69 Å². The molecule has 2 aromatic rings. The van der Waals surface area contributed by atoms with Crippen molar-refractivity contribution in [2.75, 3.05) is 11.9 Å². The fourth-order valence-electron chi connectivity index (χ4n) is 1.91. The SMILES string of the molecule is CC(C)C(C)(O)CNC(=O)Nc1cc(-n2cccc2)ccc1F. The number of benzene rings is 1. The second-order valence-electron chi connectivity index (χ2n) is 6.07. The van der Waals surface area contributed by atoms with Crippen molar-refractivity contribution in [3.8, 4) is 5.69 Å². The van der Waals surface area contributed by atoms with Gasteiger partial charge in [-0.25, -0.2) is 9.18 Å². The van der Waals surface area contributed by atoms with Crippen LogP contribution in [0.2, 0.25) is 0 Å². The summed E-state index contributed by atoms with van der Waals surface area (Å²) in [5, 5.41) is 15.1. The van der Waals surface area contributed by atoms with Crippen LogP contribution in [-0.4, -0.2) is 27.9 Å². The number of amides is 2. The summed E-state index contributed by atoms with van der Waals surface area (Å²) < 4.78 is 15.7. The first-order valence-electron chi connectivity index (χ1n) is 7.50. The van der Waals surface area contributed by atoms with E-state index in [1.54, 1.807) is 19.1 Å². The maximum absolute atomic E-state index is 13.9. The number of hydrogen-bond donors (Lipinski definition) is 3. The lowest BCUT2D eigenvalue weighted by molar-refractivity contribution is 0.0170. The normalized spacial score (nSPS) is 13.7. The minimum Gasteiger partial charge on any atom is -0.388 e. The van der Waals surface area contributed by atoms with Crippen LogP contribution in [-0.2, 0) is 0 Å². The summed E-state index contributed by atoms with van der Waals surface area (Å²) >= 11 is 0. The fourth-order valence-corrected chi connectivity index (χ4v) is 1.91. The van der Waals surface area contributed by atoms with Gasteiger partial charge in [-0.1, -0.05) is 13.8 Å². The molecule has 0 spiro atoms. The quantitative estimate of drug-likeness (QED) is 0.792. The highest BCUT2D eigenvalue weighted by Crippen LogP contribution is 2.19. The van der Waals surface area contributed by atoms with Gasteiger partial charge in [0, 0.05) is 24.6 Å². The van der Waals surface area contributed by atoms with Gasteiger partial charge >= 0.3 is 6.03 Å². The summed E-state index contributed by atoms with van der Waals surface area (Å²) in [6.07, 6.45) is 3.66. The number of urea groups is 1. The van der Waals surface area contributed by atoms with Crippen LogP contribution >= 0.6 is 0 Å². The third-order valence-corrected chi connectivity index (χ3v) is 3.95. The number of hydrogen-bond acceptors (Lipinski definition) is 2. The average Bonchev–Trinajstić information content (AvgIpc) is 3.01. The van der Waals surface area contributed by atoms with Crippen molar-refractivity contribution < 1.29 is 14.3 Å². The molecule has 1 atom stereocenters. The Morgan fingerprint density at radius 3 is 2.61 bits per heavy atom. The second-order valence-corrected chi connectivity index (χ2v) is 6.07. The first-order valence-corrected chi connectivity index (χ1v) is 7.50. The van der Waals surface area contributed by atoms with Crippen LogP contribution in [0.3, 0.4) is 0 Å². The van der Waals surface area contributed by atoms with E-state index in [-0.39, 0.29) is 18.2 Å². The lowest BCUT2D eigenvalue weighted by Crippen LogP contribution is -2.45. The van der Waals surface area contributed by atoms with E-state index in [1.165, 1.54) is 6.07 Å². The van der Waals surface area contributed by atoms with Gasteiger partial charge in [-0.05, 0) is 43.2 Å². The van der Waals surface area contributed by atoms with E-state index >= 15 is 0 Å². The molecule has 0 aliphatic rings. The summed E-state index contributed by atoms with van der Waals surface area (Å²) in [6, 6.07) is 7.63. The molecule has 0 bridgehead atoms. The smallest absolute Gasteiger partial charge is 0.319 e. The van der Waals surface area contributed by atoms with Crippen molar-refractivity contribution in [2.45, 2.75) is 26.4 Å². The Labute approximate surface area is 135 Å². The molecule has 2 rings (SSSR count). The Hall–Kier alpha value is -2.34. The molecule has 1 unspecified atom stereocenters. The molecule has 23 heavy (non-hydrogen) atoms. The van der Waals surface area contributed by atoms with E-state index in [4.69, 9.17) is 0 Å². The summed E-state index contributed by atoms with van der Waals surface area (Å²) in [5.74, 6) is -0.539. The molecule has 3 N–H and O–H groups in total. The zero-order chi connectivity index (χ0) is 17.0. The molecule has 5 nitrogen and oxygen atoms in total. The predicted molar refractivity (Wildman–Crippen MR) is 88.2 cm³/mol. The van der Waals surface area contributed by atoms with E-state index in [0.717, 1.165) is 5.69 Å². The average molecular weight is 319 g/mol. The maximum atomic E-state index is 13.9. The Bertz CT molecular complexity index is 666. The first-order chi connectivity index (χ1) is 10.8. The standard InChI is InChI=1S/C17H22FN3O2/c1-12(2)17(3,23)11-19-16(22)20-15-10-13(6-7-14(15)18)21-8-4-5-9-21/h4-10,12,23H,11H2,1-3H3,(H2,19,20,22). The molecule has 0 radical (unpaired) electrons. The van der Waals surface area contributed by atoms with E-state index < -0.39 is 17.4 Å². The second kappa shape index (κ2) is 6.83. The molecule has 0 saturated heterocycles. The maximum Gasteiger partial charge on any atom is 0.319 e. The van der Waals surface area contributed by atoms with Gasteiger partial charge in [0.15, 0.2) is 0 Å². The summed E-state index contributed by atoms with van der Waals surface area (Å²) in [6.45, 7) is 5.44. The number of nitrogens with zero attached hydrogens (tertiary/aromatic N) is 1. The van der Waals surface area contributed by atoms with Gasteiger partial charge < -0.3 is 20.3 Å². The Balaban J connectivity index is 2.05. The lowest BCUT2D eigenvalue weighted by atomic mass is 9.93. The number of carbonyl (C=O) groups is 1.